The van der Waals surface area contributed by atoms with E-state index in [0.29, 0.717) is 12.1 Å². The number of nitriles is 1. The Balaban J connectivity index is 1.77. The Morgan fingerprint density at radius 1 is 1.29 bits per heavy atom. The zero-order valence-corrected chi connectivity index (χ0v) is 16.9. The van der Waals surface area contributed by atoms with Crippen LogP contribution < -0.4 is 5.32 Å². The van der Waals surface area contributed by atoms with Crippen LogP contribution in [0.2, 0.25) is 0 Å². The summed E-state index contributed by atoms with van der Waals surface area (Å²) in [5.74, 6) is 0.112. The van der Waals surface area contributed by atoms with Crippen molar-refractivity contribution in [1.29, 1.82) is 5.26 Å². The monoisotopic (exact) mass is 376 g/mol. The molecule has 1 aromatic carbocycles. The number of hydrogen-bond acceptors (Lipinski definition) is 4. The molecule has 1 N–H and O–H groups in total. The van der Waals surface area contributed by atoms with Crippen LogP contribution in [0.3, 0.4) is 0 Å². The molecule has 1 aliphatic heterocycles. The molecule has 1 amide bonds. The fraction of sp³-hybridized carbons (Fsp3) is 0.435. The number of hydrogen-bond donors (Lipinski definition) is 1. The highest BCUT2D eigenvalue weighted by Crippen LogP contribution is 2.41. The normalized spacial score (nSPS) is 19.9. The molecule has 28 heavy (non-hydrogen) atoms. The molecule has 2 heterocycles. The highest BCUT2D eigenvalue weighted by Gasteiger charge is 2.47. The molecule has 0 aliphatic carbocycles. The van der Waals surface area contributed by atoms with Gasteiger partial charge in [0.25, 0.3) is 0 Å². The Kier molecular flexibility index (Phi) is 5.81. The molecule has 1 aliphatic rings. The van der Waals surface area contributed by atoms with Crippen molar-refractivity contribution in [3.63, 3.8) is 0 Å². The highest BCUT2D eigenvalue weighted by atomic mass is 16.2. The van der Waals surface area contributed by atoms with Crippen LogP contribution in [-0.4, -0.2) is 35.9 Å². The molecule has 5 heteroatoms. The SMILES string of the molecule is CNC(=O)[C@]1(CCc2ccc(C#N)cc2)CCN(C(C)(C)c2ccccn2)C1. The fourth-order valence-corrected chi connectivity index (χ4v) is 4.13. The van der Waals surface area contributed by atoms with E-state index in [9.17, 15) is 4.79 Å². The van der Waals surface area contributed by atoms with E-state index in [-0.39, 0.29) is 11.4 Å². The van der Waals surface area contributed by atoms with Gasteiger partial charge in [-0.05, 0) is 62.9 Å². The fourth-order valence-electron chi connectivity index (χ4n) is 4.13. The first kappa shape index (κ1) is 20.0. The minimum atomic E-state index is -0.408. The van der Waals surface area contributed by atoms with Crippen LogP contribution in [0.25, 0.3) is 0 Å². The van der Waals surface area contributed by atoms with Gasteiger partial charge in [-0.2, -0.15) is 5.26 Å². The zero-order valence-electron chi connectivity index (χ0n) is 16.9. The largest absolute Gasteiger partial charge is 0.359 e. The number of likely N-dealkylation sites (tertiary alicyclic amines) is 1. The van der Waals surface area contributed by atoms with E-state index in [4.69, 9.17) is 5.26 Å². The highest BCUT2D eigenvalue weighted by molar-refractivity contribution is 5.83. The van der Waals surface area contributed by atoms with Gasteiger partial charge in [-0.3, -0.25) is 14.7 Å². The van der Waals surface area contributed by atoms with Gasteiger partial charge in [0.05, 0.1) is 28.3 Å². The number of amides is 1. The molecule has 0 unspecified atom stereocenters. The lowest BCUT2D eigenvalue weighted by atomic mass is 9.80. The van der Waals surface area contributed by atoms with Crippen LogP contribution in [0.4, 0.5) is 0 Å². The van der Waals surface area contributed by atoms with Crippen LogP contribution in [0.5, 0.6) is 0 Å². The number of rotatable bonds is 6. The van der Waals surface area contributed by atoms with Gasteiger partial charge in [-0.15, -0.1) is 0 Å². The minimum Gasteiger partial charge on any atom is -0.359 e. The number of pyridine rings is 1. The Hall–Kier alpha value is -2.71. The molecule has 5 nitrogen and oxygen atoms in total. The number of nitrogens with one attached hydrogen (secondary N) is 1. The van der Waals surface area contributed by atoms with E-state index in [2.05, 4.69) is 41.2 Å². The van der Waals surface area contributed by atoms with E-state index in [1.807, 2.05) is 42.6 Å². The van der Waals surface area contributed by atoms with Crippen LogP contribution in [0.1, 0.15) is 43.5 Å². The van der Waals surface area contributed by atoms with Crippen molar-refractivity contribution in [3.05, 3.63) is 65.5 Å². The molecule has 1 fully saturated rings. The molecule has 2 aromatic rings. The average molecular weight is 377 g/mol. The summed E-state index contributed by atoms with van der Waals surface area (Å²) in [6, 6.07) is 15.8. The van der Waals surface area contributed by atoms with E-state index in [1.165, 1.54) is 0 Å². The predicted octanol–water partition coefficient (Wildman–Crippen LogP) is 3.26. The second-order valence-electron chi connectivity index (χ2n) is 8.11. The third kappa shape index (κ3) is 3.93. The zero-order chi connectivity index (χ0) is 20.2. The second kappa shape index (κ2) is 8.12. The molecule has 0 radical (unpaired) electrons. The smallest absolute Gasteiger partial charge is 0.227 e. The third-order valence-electron chi connectivity index (χ3n) is 6.12. The lowest BCUT2D eigenvalue weighted by molar-refractivity contribution is -0.130. The van der Waals surface area contributed by atoms with Crippen molar-refractivity contribution in [3.8, 4) is 6.07 Å². The van der Waals surface area contributed by atoms with Crippen molar-refractivity contribution in [2.45, 2.75) is 38.6 Å². The van der Waals surface area contributed by atoms with Gasteiger partial charge in [0.2, 0.25) is 5.91 Å². The van der Waals surface area contributed by atoms with Crippen LogP contribution in [-0.2, 0) is 16.8 Å². The van der Waals surface area contributed by atoms with Gasteiger partial charge in [0.1, 0.15) is 0 Å². The maximum atomic E-state index is 12.9. The summed E-state index contributed by atoms with van der Waals surface area (Å²) >= 11 is 0. The first-order chi connectivity index (χ1) is 13.4. The number of aryl methyl sites for hydroxylation is 1. The van der Waals surface area contributed by atoms with Crippen LogP contribution >= 0.6 is 0 Å². The van der Waals surface area contributed by atoms with Crippen LogP contribution in [0, 0.1) is 16.7 Å². The van der Waals surface area contributed by atoms with Gasteiger partial charge < -0.3 is 5.32 Å². The van der Waals surface area contributed by atoms with E-state index in [0.717, 1.165) is 37.1 Å². The second-order valence-corrected chi connectivity index (χ2v) is 8.11. The standard InChI is InChI=1S/C23H28N4O/c1-22(2,20-6-4-5-14-26-20)27-15-13-23(17-27,21(28)25-3)12-11-18-7-9-19(16-24)10-8-18/h4-10,14H,11-13,15,17H2,1-3H3,(H,25,28)/t23-/m1/s1. The summed E-state index contributed by atoms with van der Waals surface area (Å²) in [5, 5.41) is 11.9. The maximum absolute atomic E-state index is 12.9. The third-order valence-corrected chi connectivity index (χ3v) is 6.12. The minimum absolute atomic E-state index is 0.112. The number of carbonyl (C=O) groups is 1. The summed E-state index contributed by atoms with van der Waals surface area (Å²) in [6.45, 7) is 5.93. The molecule has 1 saturated heterocycles. The van der Waals surface area contributed by atoms with Gasteiger partial charge in [0.15, 0.2) is 0 Å². The Morgan fingerprint density at radius 3 is 2.64 bits per heavy atom. The molecule has 146 valence electrons. The predicted molar refractivity (Wildman–Crippen MR) is 109 cm³/mol. The number of benzene rings is 1. The van der Waals surface area contributed by atoms with Gasteiger partial charge in [-0.1, -0.05) is 18.2 Å². The summed E-state index contributed by atoms with van der Waals surface area (Å²) < 4.78 is 0. The summed E-state index contributed by atoms with van der Waals surface area (Å²) in [7, 11) is 1.72. The molecule has 0 spiro atoms. The lowest BCUT2D eigenvalue weighted by Crippen LogP contribution is -2.46. The molecule has 1 atom stereocenters. The molecule has 1 aromatic heterocycles. The Morgan fingerprint density at radius 2 is 2.04 bits per heavy atom. The molecule has 3 rings (SSSR count). The van der Waals surface area contributed by atoms with Crippen molar-refractivity contribution in [2.75, 3.05) is 20.1 Å². The van der Waals surface area contributed by atoms with Crippen molar-refractivity contribution < 1.29 is 4.79 Å². The van der Waals surface area contributed by atoms with Gasteiger partial charge >= 0.3 is 0 Å². The molecule has 0 saturated carbocycles. The molecular formula is C23H28N4O. The Labute approximate surface area is 167 Å². The van der Waals surface area contributed by atoms with E-state index >= 15 is 0 Å². The summed E-state index contributed by atoms with van der Waals surface area (Å²) in [5.41, 5.74) is 2.20. The Bertz CT molecular complexity index is 854. The summed E-state index contributed by atoms with van der Waals surface area (Å²) in [4.78, 5) is 19.8. The van der Waals surface area contributed by atoms with Crippen molar-refractivity contribution in [1.82, 2.24) is 15.2 Å². The van der Waals surface area contributed by atoms with Crippen molar-refractivity contribution in [2.24, 2.45) is 5.41 Å². The van der Waals surface area contributed by atoms with Crippen molar-refractivity contribution >= 4 is 5.91 Å². The van der Waals surface area contributed by atoms with E-state index in [1.54, 1.807) is 7.05 Å². The first-order valence-corrected chi connectivity index (χ1v) is 9.79. The first-order valence-electron chi connectivity index (χ1n) is 9.79. The summed E-state index contributed by atoms with van der Waals surface area (Å²) in [6.07, 6.45) is 4.26. The average Bonchev–Trinajstić information content (AvgIpc) is 3.19. The number of nitrogens with zero attached hydrogens (tertiary/aromatic N) is 3. The van der Waals surface area contributed by atoms with E-state index < -0.39 is 5.41 Å². The van der Waals surface area contributed by atoms with Gasteiger partial charge in [0, 0.05) is 26.3 Å². The maximum Gasteiger partial charge on any atom is 0.227 e. The topological polar surface area (TPSA) is 69.0 Å². The molecular weight excluding hydrogens is 348 g/mol. The lowest BCUT2D eigenvalue weighted by Gasteiger charge is -2.37. The number of carbonyl (C=O) groups excluding carboxylic acids is 1. The quantitative estimate of drug-likeness (QED) is 0.840. The number of aromatic nitrogens is 1. The van der Waals surface area contributed by atoms with Gasteiger partial charge in [-0.25, -0.2) is 0 Å². The molecule has 0 bridgehead atoms. The van der Waals surface area contributed by atoms with Crippen LogP contribution in [0.15, 0.2) is 48.7 Å².